The van der Waals surface area contributed by atoms with Crippen molar-refractivity contribution in [3.8, 4) is 10.7 Å². The molecule has 5 nitrogen and oxygen atoms in total. The quantitative estimate of drug-likeness (QED) is 0.787. The summed E-state index contributed by atoms with van der Waals surface area (Å²) in [5, 5.41) is 4.29. The zero-order valence-electron chi connectivity index (χ0n) is 11.2. The summed E-state index contributed by atoms with van der Waals surface area (Å²) in [4.78, 5) is 14.2. The van der Waals surface area contributed by atoms with Crippen molar-refractivity contribution in [1.29, 1.82) is 0 Å². The van der Waals surface area contributed by atoms with Crippen molar-refractivity contribution < 1.29 is 4.74 Å². The molecule has 2 heterocycles. The van der Waals surface area contributed by atoms with E-state index in [4.69, 9.17) is 4.74 Å². The first kappa shape index (κ1) is 14.0. The number of ether oxygens (including phenoxy) is 1. The fraction of sp³-hybridized carbons (Fsp3) is 0.462. The number of nitrogens with one attached hydrogen (secondary N) is 1. The van der Waals surface area contributed by atoms with Crippen molar-refractivity contribution in [3.63, 3.8) is 0 Å². The summed E-state index contributed by atoms with van der Waals surface area (Å²) in [7, 11) is 1.69. The Kier molecular flexibility index (Phi) is 5.38. The molecule has 0 aliphatic carbocycles. The Balaban J connectivity index is 2.19. The van der Waals surface area contributed by atoms with Gasteiger partial charge in [0.2, 0.25) is 0 Å². The Bertz CT molecular complexity index is 501. The number of nitrogens with zero attached hydrogens (tertiary/aromatic N) is 3. The molecule has 0 unspecified atom stereocenters. The molecule has 0 fully saturated rings. The van der Waals surface area contributed by atoms with Crippen molar-refractivity contribution in [2.24, 2.45) is 0 Å². The highest BCUT2D eigenvalue weighted by atomic mass is 32.1. The zero-order chi connectivity index (χ0) is 13.5. The minimum atomic E-state index is 0.528. The molecule has 6 heteroatoms. The summed E-state index contributed by atoms with van der Waals surface area (Å²) >= 11 is 1.65. The number of methoxy groups -OCH3 is 1. The van der Waals surface area contributed by atoms with E-state index in [1.54, 1.807) is 37.0 Å². The molecule has 2 aromatic rings. The predicted octanol–water partition coefficient (Wildman–Crippen LogP) is 2.25. The summed E-state index contributed by atoms with van der Waals surface area (Å²) in [5.41, 5.74) is 1.79. The van der Waals surface area contributed by atoms with E-state index < -0.39 is 0 Å². The van der Waals surface area contributed by atoms with E-state index >= 15 is 0 Å². The van der Waals surface area contributed by atoms with Gasteiger partial charge in [-0.05, 0) is 13.0 Å². The number of hydrogen-bond donors (Lipinski definition) is 1. The van der Waals surface area contributed by atoms with Gasteiger partial charge >= 0.3 is 0 Å². The van der Waals surface area contributed by atoms with E-state index in [0.29, 0.717) is 6.61 Å². The molecule has 0 aromatic carbocycles. The molecule has 1 N–H and O–H groups in total. The van der Waals surface area contributed by atoms with E-state index in [9.17, 15) is 0 Å². The van der Waals surface area contributed by atoms with Crippen LogP contribution in [0.5, 0.6) is 0 Å². The van der Waals surface area contributed by atoms with Crippen LogP contribution in [-0.4, -0.2) is 28.6 Å². The van der Waals surface area contributed by atoms with E-state index in [0.717, 1.165) is 35.9 Å². The van der Waals surface area contributed by atoms with E-state index in [2.05, 4.69) is 27.2 Å². The molecule has 0 aliphatic heterocycles. The Morgan fingerprint density at radius 2 is 2.26 bits per heavy atom. The number of aromatic nitrogens is 3. The van der Waals surface area contributed by atoms with Crippen molar-refractivity contribution in [3.05, 3.63) is 29.2 Å². The van der Waals surface area contributed by atoms with Crippen LogP contribution in [0, 0.1) is 0 Å². The van der Waals surface area contributed by atoms with Gasteiger partial charge in [-0.3, -0.25) is 9.97 Å². The fourth-order valence-electron chi connectivity index (χ4n) is 1.67. The number of hydrogen-bond acceptors (Lipinski definition) is 6. The number of thiazole rings is 1. The highest BCUT2D eigenvalue weighted by Crippen LogP contribution is 2.26. The van der Waals surface area contributed by atoms with Gasteiger partial charge in [0.25, 0.3) is 0 Å². The molecule has 0 atom stereocenters. The van der Waals surface area contributed by atoms with E-state index in [1.807, 2.05) is 0 Å². The minimum absolute atomic E-state index is 0.528. The van der Waals surface area contributed by atoms with Gasteiger partial charge in [-0.25, -0.2) is 4.98 Å². The molecule has 0 radical (unpaired) electrons. The Morgan fingerprint density at radius 1 is 1.37 bits per heavy atom. The Labute approximate surface area is 117 Å². The fourth-order valence-corrected chi connectivity index (χ4v) is 2.66. The highest BCUT2D eigenvalue weighted by Gasteiger charge is 2.13. The monoisotopic (exact) mass is 278 g/mol. The van der Waals surface area contributed by atoms with Gasteiger partial charge in [0.15, 0.2) is 0 Å². The smallest absolute Gasteiger partial charge is 0.144 e. The van der Waals surface area contributed by atoms with Crippen molar-refractivity contribution >= 4 is 11.3 Å². The van der Waals surface area contributed by atoms with Gasteiger partial charge in [-0.15, -0.1) is 11.3 Å². The zero-order valence-corrected chi connectivity index (χ0v) is 12.0. The Hall–Kier alpha value is -1.37. The largest absolute Gasteiger partial charge is 0.378 e. The van der Waals surface area contributed by atoms with Gasteiger partial charge in [0.05, 0.1) is 18.5 Å². The lowest BCUT2D eigenvalue weighted by molar-refractivity contribution is 0.181. The molecule has 19 heavy (non-hydrogen) atoms. The molecular weight excluding hydrogens is 260 g/mol. The third kappa shape index (κ3) is 3.79. The molecule has 0 aliphatic rings. The maximum Gasteiger partial charge on any atom is 0.144 e. The standard InChI is InChI=1S/C13H18N4OS/c1-3-4-14-8-12-11(9-18-2)17-13(19-12)10-7-15-5-6-16-10/h5-7,14H,3-4,8-9H2,1-2H3. The summed E-state index contributed by atoms with van der Waals surface area (Å²) in [6.07, 6.45) is 6.20. The van der Waals surface area contributed by atoms with Crippen LogP contribution in [0.3, 0.4) is 0 Å². The lowest BCUT2D eigenvalue weighted by Gasteiger charge is -2.02. The van der Waals surface area contributed by atoms with Crippen molar-refractivity contribution in [2.45, 2.75) is 26.5 Å². The van der Waals surface area contributed by atoms with Gasteiger partial charge in [0, 0.05) is 30.9 Å². The second-order valence-corrected chi connectivity index (χ2v) is 5.17. The normalized spacial score (nSPS) is 10.8. The van der Waals surface area contributed by atoms with Crippen LogP contribution in [0.15, 0.2) is 18.6 Å². The number of rotatable bonds is 7. The van der Waals surface area contributed by atoms with Gasteiger partial charge in [0.1, 0.15) is 10.7 Å². The molecule has 0 amide bonds. The van der Waals surface area contributed by atoms with E-state index in [1.165, 1.54) is 4.88 Å². The molecule has 0 saturated carbocycles. The van der Waals surface area contributed by atoms with Gasteiger partial charge < -0.3 is 10.1 Å². The second kappa shape index (κ2) is 7.28. The molecular formula is C13H18N4OS. The average Bonchev–Trinajstić information content (AvgIpc) is 2.84. The van der Waals surface area contributed by atoms with Crippen LogP contribution in [0.4, 0.5) is 0 Å². The summed E-state index contributed by atoms with van der Waals surface area (Å²) in [5.74, 6) is 0. The van der Waals surface area contributed by atoms with Crippen molar-refractivity contribution in [2.75, 3.05) is 13.7 Å². The van der Waals surface area contributed by atoms with Crippen LogP contribution in [0.2, 0.25) is 0 Å². The lowest BCUT2D eigenvalue weighted by atomic mass is 10.3. The van der Waals surface area contributed by atoms with Crippen LogP contribution in [0.1, 0.15) is 23.9 Å². The maximum absolute atomic E-state index is 5.20. The first-order valence-electron chi connectivity index (χ1n) is 6.29. The highest BCUT2D eigenvalue weighted by molar-refractivity contribution is 7.15. The van der Waals surface area contributed by atoms with Crippen LogP contribution in [-0.2, 0) is 17.9 Å². The minimum Gasteiger partial charge on any atom is -0.378 e. The van der Waals surface area contributed by atoms with Crippen LogP contribution < -0.4 is 5.32 Å². The summed E-state index contributed by atoms with van der Waals surface area (Å²) in [6, 6.07) is 0. The van der Waals surface area contributed by atoms with Crippen LogP contribution in [0.25, 0.3) is 10.7 Å². The SMILES string of the molecule is CCCNCc1sc(-c2cnccn2)nc1COC. The second-order valence-electron chi connectivity index (χ2n) is 4.09. The first-order chi connectivity index (χ1) is 9.35. The summed E-state index contributed by atoms with van der Waals surface area (Å²) in [6.45, 7) is 4.51. The Morgan fingerprint density at radius 3 is 2.95 bits per heavy atom. The molecule has 2 aromatic heterocycles. The van der Waals surface area contributed by atoms with E-state index in [-0.39, 0.29) is 0 Å². The molecule has 0 bridgehead atoms. The molecule has 2 rings (SSSR count). The van der Waals surface area contributed by atoms with Gasteiger partial charge in [-0.1, -0.05) is 6.92 Å². The molecule has 102 valence electrons. The third-order valence-electron chi connectivity index (χ3n) is 2.55. The molecule has 0 saturated heterocycles. The lowest BCUT2D eigenvalue weighted by Crippen LogP contribution is -2.14. The maximum atomic E-state index is 5.20. The predicted molar refractivity (Wildman–Crippen MR) is 75.9 cm³/mol. The molecule has 0 spiro atoms. The average molecular weight is 278 g/mol. The van der Waals surface area contributed by atoms with Crippen molar-refractivity contribution in [1.82, 2.24) is 20.3 Å². The van der Waals surface area contributed by atoms with Gasteiger partial charge in [-0.2, -0.15) is 0 Å². The third-order valence-corrected chi connectivity index (χ3v) is 3.67. The van der Waals surface area contributed by atoms with Crippen LogP contribution >= 0.6 is 11.3 Å². The topological polar surface area (TPSA) is 59.9 Å². The first-order valence-corrected chi connectivity index (χ1v) is 7.11. The summed E-state index contributed by atoms with van der Waals surface area (Å²) < 4.78 is 5.20.